The Hall–Kier alpha value is -1.52. The van der Waals surface area contributed by atoms with E-state index in [1.54, 1.807) is 7.11 Å². The summed E-state index contributed by atoms with van der Waals surface area (Å²) in [7, 11) is 1.65. The van der Waals surface area contributed by atoms with Gasteiger partial charge in [0.1, 0.15) is 18.1 Å². The van der Waals surface area contributed by atoms with Crippen LogP contribution in [-0.4, -0.2) is 7.11 Å². The van der Waals surface area contributed by atoms with E-state index in [9.17, 15) is 0 Å². The van der Waals surface area contributed by atoms with Gasteiger partial charge in [-0.15, -0.1) is 0 Å². The number of benzene rings is 2. The maximum Gasteiger partial charge on any atom is 0.125 e. The van der Waals surface area contributed by atoms with Crippen LogP contribution in [0.15, 0.2) is 46.9 Å². The van der Waals surface area contributed by atoms with Crippen molar-refractivity contribution in [3.05, 3.63) is 58.1 Å². The molecule has 0 unspecified atom stereocenters. The molecule has 0 fully saturated rings. The molecule has 4 heteroatoms. The Bertz CT molecular complexity index is 558. The Morgan fingerprint density at radius 1 is 1.16 bits per heavy atom. The Labute approximate surface area is 121 Å². The lowest BCUT2D eigenvalue weighted by molar-refractivity contribution is 0.296. The van der Waals surface area contributed by atoms with Gasteiger partial charge in [0.2, 0.25) is 0 Å². The Kier molecular flexibility index (Phi) is 4.82. The average Bonchev–Trinajstić information content (AvgIpc) is 2.45. The van der Waals surface area contributed by atoms with Gasteiger partial charge >= 0.3 is 0 Å². The van der Waals surface area contributed by atoms with Crippen LogP contribution in [0, 0.1) is 0 Å². The summed E-state index contributed by atoms with van der Waals surface area (Å²) in [5.41, 5.74) is 7.66. The van der Waals surface area contributed by atoms with E-state index in [4.69, 9.17) is 15.2 Å². The van der Waals surface area contributed by atoms with Gasteiger partial charge in [-0.2, -0.15) is 0 Å². The van der Waals surface area contributed by atoms with Crippen LogP contribution in [0.5, 0.6) is 11.5 Å². The molecular formula is C15H16BrNO2. The minimum Gasteiger partial charge on any atom is -0.496 e. The van der Waals surface area contributed by atoms with Crippen molar-refractivity contribution in [2.75, 3.05) is 7.11 Å². The first-order valence-corrected chi connectivity index (χ1v) is 6.76. The molecule has 3 nitrogen and oxygen atoms in total. The van der Waals surface area contributed by atoms with Gasteiger partial charge in [-0.05, 0) is 35.9 Å². The molecule has 0 aliphatic carbocycles. The smallest absolute Gasteiger partial charge is 0.125 e. The Balaban J connectivity index is 2.11. The summed E-state index contributed by atoms with van der Waals surface area (Å²) in [6, 6.07) is 13.6. The molecule has 0 aromatic heterocycles. The topological polar surface area (TPSA) is 44.5 Å². The molecule has 2 rings (SSSR count). The summed E-state index contributed by atoms with van der Waals surface area (Å²) < 4.78 is 12.1. The van der Waals surface area contributed by atoms with Gasteiger partial charge in [0, 0.05) is 16.6 Å². The van der Waals surface area contributed by atoms with Crippen molar-refractivity contribution in [2.45, 2.75) is 13.2 Å². The highest BCUT2D eigenvalue weighted by Gasteiger charge is 2.05. The second-order valence-electron chi connectivity index (χ2n) is 4.10. The van der Waals surface area contributed by atoms with Crippen molar-refractivity contribution in [2.24, 2.45) is 5.73 Å². The van der Waals surface area contributed by atoms with Crippen molar-refractivity contribution in [3.8, 4) is 11.5 Å². The Morgan fingerprint density at radius 2 is 2.00 bits per heavy atom. The minimum atomic E-state index is 0.455. The van der Waals surface area contributed by atoms with Crippen LogP contribution in [0.3, 0.4) is 0 Å². The van der Waals surface area contributed by atoms with Gasteiger partial charge in [0.05, 0.1) is 7.11 Å². The van der Waals surface area contributed by atoms with Crippen LogP contribution in [0.4, 0.5) is 0 Å². The summed E-state index contributed by atoms with van der Waals surface area (Å²) in [6.07, 6.45) is 0. The fourth-order valence-corrected chi connectivity index (χ4v) is 2.19. The normalized spacial score (nSPS) is 10.3. The highest BCUT2D eigenvalue weighted by atomic mass is 79.9. The van der Waals surface area contributed by atoms with Gasteiger partial charge in [-0.25, -0.2) is 0 Å². The summed E-state index contributed by atoms with van der Waals surface area (Å²) in [6.45, 7) is 0.966. The number of hydrogen-bond acceptors (Lipinski definition) is 3. The monoisotopic (exact) mass is 321 g/mol. The summed E-state index contributed by atoms with van der Waals surface area (Å²) >= 11 is 3.45. The Morgan fingerprint density at radius 3 is 2.74 bits per heavy atom. The molecule has 2 N–H and O–H groups in total. The number of rotatable bonds is 5. The van der Waals surface area contributed by atoms with Crippen LogP contribution in [0.25, 0.3) is 0 Å². The van der Waals surface area contributed by atoms with Gasteiger partial charge < -0.3 is 15.2 Å². The van der Waals surface area contributed by atoms with E-state index in [1.165, 1.54) is 0 Å². The molecule has 0 saturated heterocycles. The first kappa shape index (κ1) is 13.9. The second kappa shape index (κ2) is 6.59. The predicted molar refractivity (Wildman–Crippen MR) is 79.4 cm³/mol. The van der Waals surface area contributed by atoms with Crippen molar-refractivity contribution >= 4 is 15.9 Å². The second-order valence-corrected chi connectivity index (χ2v) is 5.01. The molecule has 0 bridgehead atoms. The largest absolute Gasteiger partial charge is 0.496 e. The molecule has 0 aliphatic rings. The number of halogens is 1. The predicted octanol–water partition coefficient (Wildman–Crippen LogP) is 3.50. The molecule has 2 aromatic rings. The van der Waals surface area contributed by atoms with Crippen molar-refractivity contribution in [1.29, 1.82) is 0 Å². The van der Waals surface area contributed by atoms with E-state index in [0.29, 0.717) is 13.2 Å². The number of ether oxygens (including phenoxy) is 2. The molecular weight excluding hydrogens is 306 g/mol. The highest BCUT2D eigenvalue weighted by Crippen LogP contribution is 2.24. The first-order valence-electron chi connectivity index (χ1n) is 5.97. The SMILES string of the molecule is COc1ccc(Br)cc1COc1cccc(CN)c1. The van der Waals surface area contributed by atoms with Crippen molar-refractivity contribution < 1.29 is 9.47 Å². The van der Waals surface area contributed by atoms with E-state index < -0.39 is 0 Å². The van der Waals surface area contributed by atoms with Crippen LogP contribution in [0.1, 0.15) is 11.1 Å². The van der Waals surface area contributed by atoms with Crippen molar-refractivity contribution in [1.82, 2.24) is 0 Å². The molecule has 0 radical (unpaired) electrons. The van der Waals surface area contributed by atoms with E-state index in [-0.39, 0.29) is 0 Å². The van der Waals surface area contributed by atoms with Crippen LogP contribution < -0.4 is 15.2 Å². The van der Waals surface area contributed by atoms with E-state index in [0.717, 1.165) is 27.1 Å². The number of methoxy groups -OCH3 is 1. The third kappa shape index (κ3) is 3.72. The molecule has 0 saturated carbocycles. The third-order valence-corrected chi connectivity index (χ3v) is 3.26. The average molecular weight is 322 g/mol. The molecule has 2 aromatic carbocycles. The number of nitrogens with two attached hydrogens (primary N) is 1. The lowest BCUT2D eigenvalue weighted by atomic mass is 10.2. The zero-order valence-electron chi connectivity index (χ0n) is 10.7. The van der Waals surface area contributed by atoms with Crippen molar-refractivity contribution in [3.63, 3.8) is 0 Å². The number of hydrogen-bond donors (Lipinski definition) is 1. The van der Waals surface area contributed by atoms with Gasteiger partial charge in [0.15, 0.2) is 0 Å². The molecule has 0 atom stereocenters. The highest BCUT2D eigenvalue weighted by molar-refractivity contribution is 9.10. The third-order valence-electron chi connectivity index (χ3n) is 2.77. The van der Waals surface area contributed by atoms with Crippen LogP contribution in [-0.2, 0) is 13.2 Å². The maximum absolute atomic E-state index is 5.78. The van der Waals surface area contributed by atoms with Gasteiger partial charge in [-0.3, -0.25) is 0 Å². The molecule has 0 heterocycles. The quantitative estimate of drug-likeness (QED) is 0.916. The lowest BCUT2D eigenvalue weighted by Crippen LogP contribution is -2.00. The molecule has 0 amide bonds. The molecule has 100 valence electrons. The summed E-state index contributed by atoms with van der Waals surface area (Å²) in [5, 5.41) is 0. The summed E-state index contributed by atoms with van der Waals surface area (Å²) in [5.74, 6) is 1.63. The summed E-state index contributed by atoms with van der Waals surface area (Å²) in [4.78, 5) is 0. The first-order chi connectivity index (χ1) is 9.22. The standard InChI is InChI=1S/C15H16BrNO2/c1-18-15-6-5-13(16)8-12(15)10-19-14-4-2-3-11(7-14)9-17/h2-8H,9-10,17H2,1H3. The zero-order valence-corrected chi connectivity index (χ0v) is 12.3. The molecule has 0 aliphatic heterocycles. The fraction of sp³-hybridized carbons (Fsp3) is 0.200. The van der Waals surface area contributed by atoms with E-state index in [2.05, 4.69) is 15.9 Å². The van der Waals surface area contributed by atoms with Gasteiger partial charge in [-0.1, -0.05) is 28.1 Å². The zero-order chi connectivity index (χ0) is 13.7. The van der Waals surface area contributed by atoms with E-state index >= 15 is 0 Å². The maximum atomic E-state index is 5.78. The van der Waals surface area contributed by atoms with E-state index in [1.807, 2.05) is 42.5 Å². The van der Waals surface area contributed by atoms with Crippen LogP contribution >= 0.6 is 15.9 Å². The lowest BCUT2D eigenvalue weighted by Gasteiger charge is -2.11. The van der Waals surface area contributed by atoms with Crippen LogP contribution in [0.2, 0.25) is 0 Å². The molecule has 19 heavy (non-hydrogen) atoms. The van der Waals surface area contributed by atoms with Gasteiger partial charge in [0.25, 0.3) is 0 Å². The fourth-order valence-electron chi connectivity index (χ4n) is 1.78. The molecule has 0 spiro atoms. The minimum absolute atomic E-state index is 0.455.